The van der Waals surface area contributed by atoms with Crippen LogP contribution in [0, 0.1) is 0 Å². The van der Waals surface area contributed by atoms with E-state index in [2.05, 4.69) is 15.4 Å². The van der Waals surface area contributed by atoms with Crippen LogP contribution >= 0.6 is 11.3 Å². The molecule has 0 radical (unpaired) electrons. The molecule has 0 aromatic carbocycles. The highest BCUT2D eigenvalue weighted by molar-refractivity contribution is 7.09. The molecule has 7 nitrogen and oxygen atoms in total. The lowest BCUT2D eigenvalue weighted by atomic mass is 10.3. The van der Waals surface area contributed by atoms with Crippen LogP contribution in [0.15, 0.2) is 23.8 Å². The molecule has 0 spiro atoms. The van der Waals surface area contributed by atoms with Crippen molar-refractivity contribution in [2.24, 2.45) is 7.05 Å². The molecule has 21 heavy (non-hydrogen) atoms. The Hall–Kier alpha value is -2.48. The predicted octanol–water partition coefficient (Wildman–Crippen LogP) is 0.947. The maximum absolute atomic E-state index is 11.6. The molecule has 0 fully saturated rings. The standard InChI is InChI=1S/C13H14N4O3S/c1-17-7-9(6-15-17)2-3-11(18)14-5-4-12-16-10(8-21-12)13(19)20/h2-3,6-8H,4-5H2,1H3,(H,14,18)(H,19,20). The summed E-state index contributed by atoms with van der Waals surface area (Å²) >= 11 is 1.27. The van der Waals surface area contributed by atoms with E-state index in [4.69, 9.17) is 5.11 Å². The first-order valence-electron chi connectivity index (χ1n) is 6.17. The molecule has 0 unspecified atom stereocenters. The zero-order valence-corrected chi connectivity index (χ0v) is 12.1. The lowest BCUT2D eigenvalue weighted by molar-refractivity contribution is -0.116. The van der Waals surface area contributed by atoms with Crippen LogP contribution in [0.5, 0.6) is 0 Å². The summed E-state index contributed by atoms with van der Waals surface area (Å²) in [5.41, 5.74) is 0.886. The third-order valence-electron chi connectivity index (χ3n) is 2.56. The van der Waals surface area contributed by atoms with Gasteiger partial charge in [-0.2, -0.15) is 5.10 Å². The molecule has 0 atom stereocenters. The van der Waals surface area contributed by atoms with Crippen molar-refractivity contribution in [3.8, 4) is 0 Å². The summed E-state index contributed by atoms with van der Waals surface area (Å²) in [6.45, 7) is 0.406. The van der Waals surface area contributed by atoms with Crippen molar-refractivity contribution in [2.75, 3.05) is 6.54 Å². The number of carbonyl (C=O) groups excluding carboxylic acids is 1. The highest BCUT2D eigenvalue weighted by atomic mass is 32.1. The fourth-order valence-corrected chi connectivity index (χ4v) is 2.35. The Labute approximate surface area is 124 Å². The normalized spacial score (nSPS) is 10.9. The third kappa shape index (κ3) is 4.53. The summed E-state index contributed by atoms with van der Waals surface area (Å²) in [6, 6.07) is 0. The van der Waals surface area contributed by atoms with E-state index in [1.165, 1.54) is 22.8 Å². The molecule has 2 aromatic rings. The molecule has 8 heteroatoms. The topological polar surface area (TPSA) is 97.1 Å². The number of aromatic carboxylic acids is 1. The molecule has 0 bridgehead atoms. The SMILES string of the molecule is Cn1cc(C=CC(=O)NCCc2nc(C(=O)O)cs2)cn1. The van der Waals surface area contributed by atoms with E-state index in [9.17, 15) is 9.59 Å². The number of rotatable bonds is 6. The Morgan fingerprint density at radius 2 is 2.33 bits per heavy atom. The number of carboxylic acids is 1. The molecule has 2 aromatic heterocycles. The van der Waals surface area contributed by atoms with Gasteiger partial charge in [-0.1, -0.05) is 0 Å². The van der Waals surface area contributed by atoms with Gasteiger partial charge in [-0.15, -0.1) is 11.3 Å². The monoisotopic (exact) mass is 306 g/mol. The second-order valence-corrected chi connectivity index (χ2v) is 5.20. The minimum Gasteiger partial charge on any atom is -0.476 e. The molecule has 2 N–H and O–H groups in total. The average Bonchev–Trinajstić information content (AvgIpc) is 3.05. The van der Waals surface area contributed by atoms with Gasteiger partial charge >= 0.3 is 5.97 Å². The molecular formula is C13H14N4O3S. The maximum Gasteiger partial charge on any atom is 0.355 e. The first-order chi connectivity index (χ1) is 10.0. The van der Waals surface area contributed by atoms with Crippen molar-refractivity contribution in [1.82, 2.24) is 20.1 Å². The number of amides is 1. The molecule has 0 saturated heterocycles. The molecule has 0 aliphatic rings. The molecule has 1 amide bonds. The first kappa shape index (κ1) is 14.9. The van der Waals surface area contributed by atoms with Gasteiger partial charge in [0.15, 0.2) is 5.69 Å². The van der Waals surface area contributed by atoms with Gasteiger partial charge in [-0.05, 0) is 6.08 Å². The van der Waals surface area contributed by atoms with E-state index in [0.29, 0.717) is 18.0 Å². The third-order valence-corrected chi connectivity index (χ3v) is 3.47. The molecule has 2 rings (SSSR count). The van der Waals surface area contributed by atoms with E-state index in [1.807, 2.05) is 0 Å². The highest BCUT2D eigenvalue weighted by Gasteiger charge is 2.08. The van der Waals surface area contributed by atoms with Crippen LogP contribution in [0.2, 0.25) is 0 Å². The molecule has 2 heterocycles. The molecular weight excluding hydrogens is 292 g/mol. The van der Waals surface area contributed by atoms with Crippen LogP contribution in [-0.4, -0.2) is 38.3 Å². The van der Waals surface area contributed by atoms with E-state index < -0.39 is 5.97 Å². The summed E-state index contributed by atoms with van der Waals surface area (Å²) in [6.07, 6.45) is 7.07. The number of carbonyl (C=O) groups is 2. The molecule has 0 saturated carbocycles. The van der Waals surface area contributed by atoms with Gasteiger partial charge in [-0.25, -0.2) is 9.78 Å². The summed E-state index contributed by atoms with van der Waals surface area (Å²) in [5, 5.41) is 17.6. The number of nitrogens with zero attached hydrogens (tertiary/aromatic N) is 3. The number of aromatic nitrogens is 3. The summed E-state index contributed by atoms with van der Waals surface area (Å²) < 4.78 is 1.65. The van der Waals surface area contributed by atoms with E-state index >= 15 is 0 Å². The van der Waals surface area contributed by atoms with Crippen LogP contribution in [0.25, 0.3) is 6.08 Å². The summed E-state index contributed by atoms with van der Waals surface area (Å²) in [7, 11) is 1.80. The summed E-state index contributed by atoms with van der Waals surface area (Å²) in [4.78, 5) is 26.2. The zero-order valence-electron chi connectivity index (χ0n) is 11.3. The van der Waals surface area contributed by atoms with Crippen molar-refractivity contribution in [3.63, 3.8) is 0 Å². The summed E-state index contributed by atoms with van der Waals surface area (Å²) in [5.74, 6) is -1.25. The minimum absolute atomic E-state index is 0.0396. The Bertz CT molecular complexity index is 675. The smallest absolute Gasteiger partial charge is 0.355 e. The number of hydrogen-bond donors (Lipinski definition) is 2. The van der Waals surface area contributed by atoms with E-state index in [-0.39, 0.29) is 11.6 Å². The quantitative estimate of drug-likeness (QED) is 0.774. The van der Waals surface area contributed by atoms with Gasteiger partial charge in [0.2, 0.25) is 5.91 Å². The van der Waals surface area contributed by atoms with Crippen molar-refractivity contribution >= 4 is 29.3 Å². The van der Waals surface area contributed by atoms with Crippen molar-refractivity contribution in [1.29, 1.82) is 0 Å². The molecule has 110 valence electrons. The van der Waals surface area contributed by atoms with Gasteiger partial charge in [0.1, 0.15) is 0 Å². The van der Waals surface area contributed by atoms with Gasteiger partial charge in [0.25, 0.3) is 0 Å². The van der Waals surface area contributed by atoms with Crippen LogP contribution in [0.1, 0.15) is 21.1 Å². The maximum atomic E-state index is 11.6. The minimum atomic E-state index is -1.04. The molecule has 0 aliphatic carbocycles. The highest BCUT2D eigenvalue weighted by Crippen LogP contribution is 2.09. The fraction of sp³-hybridized carbons (Fsp3) is 0.231. The van der Waals surface area contributed by atoms with E-state index in [0.717, 1.165) is 5.56 Å². The zero-order chi connectivity index (χ0) is 15.2. The van der Waals surface area contributed by atoms with Crippen LogP contribution in [0.4, 0.5) is 0 Å². The number of hydrogen-bond acceptors (Lipinski definition) is 5. The van der Waals surface area contributed by atoms with Crippen molar-refractivity contribution < 1.29 is 14.7 Å². The van der Waals surface area contributed by atoms with Gasteiger partial charge < -0.3 is 10.4 Å². The Balaban J connectivity index is 1.76. The number of nitrogens with one attached hydrogen (secondary N) is 1. The van der Waals surface area contributed by atoms with Crippen LogP contribution < -0.4 is 5.32 Å². The van der Waals surface area contributed by atoms with Crippen molar-refractivity contribution in [2.45, 2.75) is 6.42 Å². The lowest BCUT2D eigenvalue weighted by Gasteiger charge is -1.99. The Kier molecular flexibility index (Phi) is 4.83. The lowest BCUT2D eigenvalue weighted by Crippen LogP contribution is -2.23. The largest absolute Gasteiger partial charge is 0.476 e. The van der Waals surface area contributed by atoms with E-state index in [1.54, 1.807) is 30.2 Å². The van der Waals surface area contributed by atoms with Crippen molar-refractivity contribution in [3.05, 3.63) is 40.1 Å². The second kappa shape index (κ2) is 6.80. The second-order valence-electron chi connectivity index (χ2n) is 4.25. The first-order valence-corrected chi connectivity index (χ1v) is 7.05. The van der Waals surface area contributed by atoms with Crippen LogP contribution in [0.3, 0.4) is 0 Å². The number of carboxylic acid groups (broad SMARTS) is 1. The predicted molar refractivity (Wildman–Crippen MR) is 78.0 cm³/mol. The fourth-order valence-electron chi connectivity index (χ4n) is 1.57. The van der Waals surface area contributed by atoms with Gasteiger partial charge in [-0.3, -0.25) is 9.48 Å². The molecule has 0 aliphatic heterocycles. The Morgan fingerprint density at radius 1 is 1.52 bits per heavy atom. The van der Waals surface area contributed by atoms with Gasteiger partial charge in [0.05, 0.1) is 11.2 Å². The number of aryl methyl sites for hydroxylation is 1. The van der Waals surface area contributed by atoms with Gasteiger partial charge in [0, 0.05) is 43.2 Å². The van der Waals surface area contributed by atoms with Crippen LogP contribution in [-0.2, 0) is 18.3 Å². The Morgan fingerprint density at radius 3 is 2.95 bits per heavy atom. The average molecular weight is 306 g/mol. The number of thiazole rings is 1.